The van der Waals surface area contributed by atoms with Crippen molar-refractivity contribution in [2.45, 2.75) is 12.5 Å². The monoisotopic (exact) mass is 345 g/mol. The van der Waals surface area contributed by atoms with Gasteiger partial charge in [0.1, 0.15) is 11.5 Å². The van der Waals surface area contributed by atoms with E-state index in [4.69, 9.17) is 9.47 Å². The molecule has 0 aliphatic carbocycles. The SMILES string of the molecule is COc1ccc2c(OC)ccc3c2c1C1c2ccccc2CCN1C3=O. The smallest absolute Gasteiger partial charge is 0.255 e. The van der Waals surface area contributed by atoms with Gasteiger partial charge in [-0.2, -0.15) is 0 Å². The third-order valence-electron chi connectivity index (χ3n) is 5.63. The first-order valence-corrected chi connectivity index (χ1v) is 8.81. The van der Waals surface area contributed by atoms with Crippen LogP contribution in [0.3, 0.4) is 0 Å². The van der Waals surface area contributed by atoms with Gasteiger partial charge in [0.15, 0.2) is 0 Å². The first-order chi connectivity index (χ1) is 12.7. The molecule has 2 heterocycles. The highest BCUT2D eigenvalue weighted by molar-refractivity contribution is 6.13. The van der Waals surface area contributed by atoms with Crippen molar-refractivity contribution in [3.05, 3.63) is 70.8 Å². The highest BCUT2D eigenvalue weighted by Gasteiger charge is 2.40. The predicted octanol–water partition coefficient (Wildman–Crippen LogP) is 3.96. The highest BCUT2D eigenvalue weighted by Crippen LogP contribution is 2.49. The van der Waals surface area contributed by atoms with Crippen LogP contribution in [0.1, 0.15) is 33.1 Å². The van der Waals surface area contributed by atoms with E-state index in [2.05, 4.69) is 18.2 Å². The fourth-order valence-corrected chi connectivity index (χ4v) is 4.49. The maximum Gasteiger partial charge on any atom is 0.255 e. The Kier molecular flexibility index (Phi) is 3.23. The number of hydrogen-bond acceptors (Lipinski definition) is 3. The van der Waals surface area contributed by atoms with Crippen molar-refractivity contribution in [1.82, 2.24) is 4.90 Å². The lowest BCUT2D eigenvalue weighted by Gasteiger charge is -2.42. The van der Waals surface area contributed by atoms with E-state index < -0.39 is 0 Å². The molecule has 4 heteroatoms. The third-order valence-corrected chi connectivity index (χ3v) is 5.63. The summed E-state index contributed by atoms with van der Waals surface area (Å²) in [6.07, 6.45) is 0.877. The largest absolute Gasteiger partial charge is 0.496 e. The number of methoxy groups -OCH3 is 2. The number of benzene rings is 3. The second kappa shape index (κ2) is 5.49. The molecule has 5 rings (SSSR count). The average molecular weight is 345 g/mol. The number of amides is 1. The predicted molar refractivity (Wildman–Crippen MR) is 100 cm³/mol. The van der Waals surface area contributed by atoms with E-state index in [0.29, 0.717) is 6.54 Å². The van der Waals surface area contributed by atoms with Crippen molar-refractivity contribution >= 4 is 16.7 Å². The molecule has 0 N–H and O–H groups in total. The zero-order valence-electron chi connectivity index (χ0n) is 14.8. The van der Waals surface area contributed by atoms with E-state index in [-0.39, 0.29) is 11.9 Å². The van der Waals surface area contributed by atoms with Gasteiger partial charge in [0.2, 0.25) is 0 Å². The molecule has 1 amide bonds. The van der Waals surface area contributed by atoms with E-state index >= 15 is 0 Å². The summed E-state index contributed by atoms with van der Waals surface area (Å²) in [4.78, 5) is 15.3. The van der Waals surface area contributed by atoms with Crippen molar-refractivity contribution in [2.75, 3.05) is 20.8 Å². The Morgan fingerprint density at radius 2 is 1.73 bits per heavy atom. The summed E-state index contributed by atoms with van der Waals surface area (Å²) in [6.45, 7) is 0.714. The summed E-state index contributed by atoms with van der Waals surface area (Å²) in [5, 5.41) is 1.91. The molecular formula is C22H19NO3. The van der Waals surface area contributed by atoms with Crippen LogP contribution in [0.5, 0.6) is 11.5 Å². The molecule has 0 spiro atoms. The standard InChI is InChI=1S/C22H19NO3/c1-25-17-9-8-16-19-15(17)7-10-18(26-2)20(19)21-14-6-4-3-5-13(14)11-12-23(21)22(16)24/h3-10,21H,11-12H2,1-2H3. The molecule has 0 saturated carbocycles. The summed E-state index contributed by atoms with van der Waals surface area (Å²) in [5.74, 6) is 1.67. The van der Waals surface area contributed by atoms with Crippen molar-refractivity contribution in [3.8, 4) is 11.5 Å². The van der Waals surface area contributed by atoms with Crippen LogP contribution in [0.2, 0.25) is 0 Å². The van der Waals surface area contributed by atoms with Crippen LogP contribution in [0.25, 0.3) is 10.8 Å². The number of nitrogens with zero attached hydrogens (tertiary/aromatic N) is 1. The lowest BCUT2D eigenvalue weighted by Crippen LogP contribution is -2.43. The number of carbonyl (C=O) groups is 1. The second-order valence-electron chi connectivity index (χ2n) is 6.77. The van der Waals surface area contributed by atoms with Gasteiger partial charge in [0, 0.05) is 28.4 Å². The molecule has 3 aromatic rings. The first-order valence-electron chi connectivity index (χ1n) is 8.81. The molecule has 0 saturated heterocycles. The van der Waals surface area contributed by atoms with Gasteiger partial charge in [0.25, 0.3) is 5.91 Å². The van der Waals surface area contributed by atoms with Crippen LogP contribution in [0.4, 0.5) is 0 Å². The molecule has 0 bridgehead atoms. The maximum atomic E-state index is 13.3. The summed E-state index contributed by atoms with van der Waals surface area (Å²) < 4.78 is 11.3. The van der Waals surface area contributed by atoms with Gasteiger partial charge in [-0.25, -0.2) is 0 Å². The molecule has 0 fully saturated rings. The molecule has 3 aromatic carbocycles. The van der Waals surface area contributed by atoms with Crippen molar-refractivity contribution in [3.63, 3.8) is 0 Å². The van der Waals surface area contributed by atoms with Crippen LogP contribution in [-0.4, -0.2) is 31.6 Å². The van der Waals surface area contributed by atoms with Crippen molar-refractivity contribution < 1.29 is 14.3 Å². The fraction of sp³-hybridized carbons (Fsp3) is 0.227. The fourth-order valence-electron chi connectivity index (χ4n) is 4.49. The van der Waals surface area contributed by atoms with Gasteiger partial charge < -0.3 is 14.4 Å². The Hall–Kier alpha value is -3.01. The maximum absolute atomic E-state index is 13.3. The summed E-state index contributed by atoms with van der Waals surface area (Å²) in [5.41, 5.74) is 4.27. The van der Waals surface area contributed by atoms with Gasteiger partial charge in [0.05, 0.1) is 20.3 Å². The molecule has 26 heavy (non-hydrogen) atoms. The molecular weight excluding hydrogens is 326 g/mol. The molecule has 2 aliphatic rings. The normalized spacial score (nSPS) is 17.7. The van der Waals surface area contributed by atoms with Gasteiger partial charge in [-0.05, 0) is 41.8 Å². The Bertz CT molecular complexity index is 1060. The van der Waals surface area contributed by atoms with E-state index in [1.165, 1.54) is 11.1 Å². The highest BCUT2D eigenvalue weighted by atomic mass is 16.5. The summed E-state index contributed by atoms with van der Waals surface area (Å²) in [6, 6.07) is 16.0. The van der Waals surface area contributed by atoms with Crippen LogP contribution in [0.15, 0.2) is 48.5 Å². The molecule has 130 valence electrons. The minimum atomic E-state index is -0.120. The molecule has 1 unspecified atom stereocenters. The lowest BCUT2D eigenvalue weighted by molar-refractivity contribution is 0.0685. The number of hydrogen-bond donors (Lipinski definition) is 0. The molecule has 1 atom stereocenters. The van der Waals surface area contributed by atoms with Gasteiger partial charge >= 0.3 is 0 Å². The van der Waals surface area contributed by atoms with Crippen molar-refractivity contribution in [1.29, 1.82) is 0 Å². The molecule has 4 nitrogen and oxygen atoms in total. The van der Waals surface area contributed by atoms with Gasteiger partial charge in [-0.3, -0.25) is 4.79 Å². The van der Waals surface area contributed by atoms with Crippen molar-refractivity contribution in [2.24, 2.45) is 0 Å². The number of rotatable bonds is 2. The van der Waals surface area contributed by atoms with Gasteiger partial charge in [-0.1, -0.05) is 24.3 Å². The number of fused-ring (bicyclic) bond motifs is 4. The zero-order valence-corrected chi connectivity index (χ0v) is 14.8. The topological polar surface area (TPSA) is 38.8 Å². The summed E-state index contributed by atoms with van der Waals surface area (Å²) in [7, 11) is 3.35. The van der Waals surface area contributed by atoms with E-state index in [1.807, 2.05) is 35.2 Å². The molecule has 0 radical (unpaired) electrons. The second-order valence-corrected chi connectivity index (χ2v) is 6.77. The quantitative estimate of drug-likeness (QED) is 0.706. The van der Waals surface area contributed by atoms with Crippen LogP contribution in [-0.2, 0) is 6.42 Å². The van der Waals surface area contributed by atoms with E-state index in [9.17, 15) is 4.79 Å². The molecule has 0 aromatic heterocycles. The van der Waals surface area contributed by atoms with E-state index in [0.717, 1.165) is 39.8 Å². The zero-order chi connectivity index (χ0) is 17.8. The summed E-state index contributed by atoms with van der Waals surface area (Å²) >= 11 is 0. The number of ether oxygens (including phenoxy) is 2. The lowest BCUT2D eigenvalue weighted by atomic mass is 9.81. The third kappa shape index (κ3) is 1.87. The van der Waals surface area contributed by atoms with Gasteiger partial charge in [-0.15, -0.1) is 0 Å². The van der Waals surface area contributed by atoms with Crippen LogP contribution >= 0.6 is 0 Å². The van der Waals surface area contributed by atoms with E-state index in [1.54, 1.807) is 14.2 Å². The minimum absolute atomic E-state index is 0.0814. The first kappa shape index (κ1) is 15.3. The Morgan fingerprint density at radius 1 is 0.962 bits per heavy atom. The average Bonchev–Trinajstić information content (AvgIpc) is 2.70. The minimum Gasteiger partial charge on any atom is -0.496 e. The molecule has 2 aliphatic heterocycles. The van der Waals surface area contributed by atoms with Crippen LogP contribution in [0, 0.1) is 0 Å². The Labute approximate surface area is 151 Å². The van der Waals surface area contributed by atoms with Crippen LogP contribution < -0.4 is 9.47 Å². The number of carbonyl (C=O) groups excluding carboxylic acids is 1. The Balaban J connectivity index is 1.92. The Morgan fingerprint density at radius 3 is 2.54 bits per heavy atom.